The quantitative estimate of drug-likeness (QED) is 0.769. The molecule has 22 heavy (non-hydrogen) atoms. The summed E-state index contributed by atoms with van der Waals surface area (Å²) in [7, 11) is 0. The van der Waals surface area contributed by atoms with Crippen molar-refractivity contribution in [2.75, 3.05) is 13.1 Å². The maximum Gasteiger partial charge on any atom is 0.164 e. The van der Waals surface area contributed by atoms with Crippen LogP contribution in [0.15, 0.2) is 42.7 Å². The fraction of sp³-hybridized carbons (Fsp3) is 0.444. The van der Waals surface area contributed by atoms with Gasteiger partial charge in [0.05, 0.1) is 0 Å². The lowest BCUT2D eigenvalue weighted by Crippen LogP contribution is -2.34. The number of benzene rings is 1. The number of ketones is 1. The highest BCUT2D eigenvalue weighted by Gasteiger charge is 2.25. The zero-order chi connectivity index (χ0) is 15.4. The van der Waals surface area contributed by atoms with Crippen molar-refractivity contribution in [3.63, 3.8) is 0 Å². The number of carbonyl (C=O) groups is 1. The number of nitrogens with zero attached hydrogens (tertiary/aromatic N) is 3. The molecular formula is C18H23N3O. The average Bonchev–Trinajstić information content (AvgIpc) is 3.16. The second kappa shape index (κ2) is 6.88. The Hall–Kier alpha value is -1.94. The minimum absolute atomic E-state index is 0.241. The molecule has 4 heteroatoms. The lowest BCUT2D eigenvalue weighted by molar-refractivity contribution is 0.0959. The Kier molecular flexibility index (Phi) is 4.68. The molecule has 0 amide bonds. The molecular weight excluding hydrogens is 274 g/mol. The van der Waals surface area contributed by atoms with E-state index >= 15 is 0 Å². The third-order valence-corrected chi connectivity index (χ3v) is 4.55. The number of rotatable bonds is 6. The summed E-state index contributed by atoms with van der Waals surface area (Å²) in [5, 5.41) is 0. The Morgan fingerprint density at radius 3 is 2.86 bits per heavy atom. The van der Waals surface area contributed by atoms with Gasteiger partial charge in [0.2, 0.25) is 0 Å². The van der Waals surface area contributed by atoms with Gasteiger partial charge in [0.15, 0.2) is 5.78 Å². The molecule has 1 aliphatic rings. The van der Waals surface area contributed by atoms with Crippen LogP contribution in [0.25, 0.3) is 0 Å². The first-order chi connectivity index (χ1) is 10.7. The fourth-order valence-electron chi connectivity index (χ4n) is 3.23. The second-order valence-corrected chi connectivity index (χ2v) is 6.00. The van der Waals surface area contributed by atoms with Crippen molar-refractivity contribution >= 4 is 5.78 Å². The van der Waals surface area contributed by atoms with E-state index in [0.29, 0.717) is 12.5 Å². The molecule has 2 aromatic rings. The molecule has 1 aromatic heterocycles. The zero-order valence-corrected chi connectivity index (χ0v) is 13.1. The summed E-state index contributed by atoms with van der Waals surface area (Å²) >= 11 is 0. The molecule has 0 aliphatic carbocycles. The molecule has 1 atom stereocenters. The van der Waals surface area contributed by atoms with E-state index in [1.165, 1.54) is 12.8 Å². The predicted octanol–water partition coefficient (Wildman–Crippen LogP) is 2.93. The van der Waals surface area contributed by atoms with E-state index in [9.17, 15) is 4.79 Å². The lowest BCUT2D eigenvalue weighted by atomic mass is 10.1. The Morgan fingerprint density at radius 1 is 1.32 bits per heavy atom. The number of hydrogen-bond donors (Lipinski definition) is 0. The summed E-state index contributed by atoms with van der Waals surface area (Å²) in [6.45, 7) is 4.97. The highest BCUT2D eigenvalue weighted by Crippen LogP contribution is 2.20. The van der Waals surface area contributed by atoms with Crippen LogP contribution in [-0.2, 0) is 6.54 Å². The minimum Gasteiger partial charge on any atom is -0.334 e. The third kappa shape index (κ3) is 3.45. The molecule has 116 valence electrons. The molecule has 0 N–H and O–H groups in total. The molecule has 1 saturated heterocycles. The normalized spacial score (nSPS) is 18.7. The molecule has 0 unspecified atom stereocenters. The van der Waals surface area contributed by atoms with Gasteiger partial charge in [0.1, 0.15) is 5.82 Å². The van der Waals surface area contributed by atoms with Gasteiger partial charge in [-0.05, 0) is 26.3 Å². The first-order valence-electron chi connectivity index (χ1n) is 8.04. The second-order valence-electron chi connectivity index (χ2n) is 6.00. The fourth-order valence-corrected chi connectivity index (χ4v) is 3.23. The van der Waals surface area contributed by atoms with Gasteiger partial charge < -0.3 is 4.57 Å². The van der Waals surface area contributed by atoms with Crippen LogP contribution in [0.2, 0.25) is 0 Å². The molecule has 0 saturated carbocycles. The highest BCUT2D eigenvalue weighted by molar-refractivity contribution is 5.96. The van der Waals surface area contributed by atoms with Crippen molar-refractivity contribution in [3.05, 3.63) is 54.1 Å². The largest absolute Gasteiger partial charge is 0.334 e. The smallest absolute Gasteiger partial charge is 0.164 e. The molecule has 4 nitrogen and oxygen atoms in total. The summed E-state index contributed by atoms with van der Waals surface area (Å²) in [6, 6.07) is 10.1. The van der Waals surface area contributed by atoms with Crippen LogP contribution in [0, 0.1) is 6.92 Å². The molecule has 1 aliphatic heterocycles. The summed E-state index contributed by atoms with van der Waals surface area (Å²) in [5.41, 5.74) is 0.823. The Balaban J connectivity index is 1.55. The monoisotopic (exact) mass is 297 g/mol. The number of aryl methyl sites for hydroxylation is 1. The van der Waals surface area contributed by atoms with Crippen LogP contribution >= 0.6 is 0 Å². The first kappa shape index (κ1) is 15.0. The maximum atomic E-state index is 12.2. The van der Waals surface area contributed by atoms with Gasteiger partial charge in [-0.2, -0.15) is 0 Å². The van der Waals surface area contributed by atoms with Crippen molar-refractivity contribution in [2.45, 2.75) is 38.8 Å². The van der Waals surface area contributed by atoms with Crippen molar-refractivity contribution in [3.8, 4) is 0 Å². The number of carbonyl (C=O) groups excluding carboxylic acids is 1. The van der Waals surface area contributed by atoms with Crippen LogP contribution in [0.4, 0.5) is 0 Å². The van der Waals surface area contributed by atoms with Crippen LogP contribution in [0.3, 0.4) is 0 Å². The van der Waals surface area contributed by atoms with Gasteiger partial charge in [-0.3, -0.25) is 9.69 Å². The summed E-state index contributed by atoms with van der Waals surface area (Å²) < 4.78 is 2.21. The molecule has 3 rings (SSSR count). The van der Waals surface area contributed by atoms with Crippen LogP contribution in [0.1, 0.15) is 35.4 Å². The molecule has 0 bridgehead atoms. The molecule has 1 aromatic carbocycles. The third-order valence-electron chi connectivity index (χ3n) is 4.55. The van der Waals surface area contributed by atoms with Crippen molar-refractivity contribution in [1.82, 2.24) is 14.5 Å². The van der Waals surface area contributed by atoms with Gasteiger partial charge in [-0.1, -0.05) is 30.3 Å². The average molecular weight is 297 g/mol. The van der Waals surface area contributed by atoms with Crippen molar-refractivity contribution in [1.29, 1.82) is 0 Å². The Morgan fingerprint density at radius 2 is 2.14 bits per heavy atom. The van der Waals surface area contributed by atoms with Crippen molar-refractivity contribution < 1.29 is 4.79 Å². The number of Topliss-reactive ketones (excluding diaryl/α,β-unsaturated/α-hetero) is 1. The number of likely N-dealkylation sites (tertiary alicyclic amines) is 1. The zero-order valence-electron chi connectivity index (χ0n) is 13.1. The van der Waals surface area contributed by atoms with Gasteiger partial charge in [0.25, 0.3) is 0 Å². The first-order valence-corrected chi connectivity index (χ1v) is 8.04. The number of hydrogen-bond acceptors (Lipinski definition) is 3. The summed E-state index contributed by atoms with van der Waals surface area (Å²) in [4.78, 5) is 19.0. The van der Waals surface area contributed by atoms with Gasteiger partial charge >= 0.3 is 0 Å². The molecule has 1 fully saturated rings. The van der Waals surface area contributed by atoms with E-state index in [1.54, 1.807) is 0 Å². The van der Waals surface area contributed by atoms with Crippen LogP contribution in [0.5, 0.6) is 0 Å². The SMILES string of the molecule is Cc1nccn1C[C@H]1CCCN1CCC(=O)c1ccccc1. The summed E-state index contributed by atoms with van der Waals surface area (Å²) in [6.07, 6.45) is 6.92. The van der Waals surface area contributed by atoms with Crippen LogP contribution in [-0.4, -0.2) is 39.4 Å². The number of imidazole rings is 1. The van der Waals surface area contributed by atoms with Gasteiger partial charge in [0, 0.05) is 43.5 Å². The van der Waals surface area contributed by atoms with E-state index in [4.69, 9.17) is 0 Å². The lowest BCUT2D eigenvalue weighted by Gasteiger charge is -2.25. The topological polar surface area (TPSA) is 38.1 Å². The molecule has 0 spiro atoms. The standard InChI is InChI=1S/C18H23N3O/c1-15-19-10-13-21(15)14-17-8-5-11-20(17)12-9-18(22)16-6-3-2-4-7-16/h2-4,6-7,10,13,17H,5,8-9,11-12,14H2,1H3/t17-/m1/s1. The molecule has 2 heterocycles. The van der Waals surface area contributed by atoms with E-state index in [0.717, 1.165) is 31.0 Å². The Bertz CT molecular complexity index is 620. The van der Waals surface area contributed by atoms with Gasteiger partial charge in [-0.15, -0.1) is 0 Å². The van der Waals surface area contributed by atoms with Gasteiger partial charge in [-0.25, -0.2) is 4.98 Å². The van der Waals surface area contributed by atoms with E-state index in [-0.39, 0.29) is 5.78 Å². The molecule has 0 radical (unpaired) electrons. The maximum absolute atomic E-state index is 12.2. The Labute approximate surface area is 131 Å². The highest BCUT2D eigenvalue weighted by atomic mass is 16.1. The number of aromatic nitrogens is 2. The van der Waals surface area contributed by atoms with E-state index in [2.05, 4.69) is 14.5 Å². The van der Waals surface area contributed by atoms with Crippen molar-refractivity contribution in [2.24, 2.45) is 0 Å². The predicted molar refractivity (Wildman–Crippen MR) is 86.9 cm³/mol. The van der Waals surface area contributed by atoms with E-state index in [1.807, 2.05) is 49.6 Å². The van der Waals surface area contributed by atoms with Crippen LogP contribution < -0.4 is 0 Å². The summed E-state index contributed by atoms with van der Waals surface area (Å²) in [5.74, 6) is 1.30. The minimum atomic E-state index is 0.241. The van der Waals surface area contributed by atoms with E-state index < -0.39 is 0 Å².